The number of likely N-dealkylation sites (tertiary alicyclic amines) is 1. The van der Waals surface area contributed by atoms with Gasteiger partial charge in [-0.1, -0.05) is 18.2 Å². The highest BCUT2D eigenvalue weighted by Gasteiger charge is 2.29. The van der Waals surface area contributed by atoms with Gasteiger partial charge < -0.3 is 14.4 Å². The van der Waals surface area contributed by atoms with Crippen molar-refractivity contribution in [3.8, 4) is 0 Å². The van der Waals surface area contributed by atoms with Gasteiger partial charge in [-0.15, -0.1) is 0 Å². The SMILES string of the molecule is C[C@@H]1C[C@@H](C(=O)OC[C@H]2CCCN(C(=O)c3ccccc3)C2)CCO1. The molecule has 1 aromatic rings. The molecule has 2 aliphatic heterocycles. The van der Waals surface area contributed by atoms with Crippen LogP contribution in [0.1, 0.15) is 43.0 Å². The van der Waals surface area contributed by atoms with Crippen molar-refractivity contribution in [1.82, 2.24) is 4.90 Å². The van der Waals surface area contributed by atoms with E-state index in [-0.39, 0.29) is 29.8 Å². The van der Waals surface area contributed by atoms with Crippen LogP contribution in [-0.2, 0) is 14.3 Å². The molecule has 3 atom stereocenters. The molecule has 5 nitrogen and oxygen atoms in total. The maximum absolute atomic E-state index is 12.6. The molecule has 2 aliphatic rings. The van der Waals surface area contributed by atoms with E-state index >= 15 is 0 Å². The Labute approximate surface area is 149 Å². The summed E-state index contributed by atoms with van der Waals surface area (Å²) in [5, 5.41) is 0. The maximum atomic E-state index is 12.6. The first-order valence-corrected chi connectivity index (χ1v) is 9.26. The molecule has 0 saturated carbocycles. The summed E-state index contributed by atoms with van der Waals surface area (Å²) in [6, 6.07) is 9.36. The van der Waals surface area contributed by atoms with Crippen molar-refractivity contribution >= 4 is 11.9 Å². The van der Waals surface area contributed by atoms with E-state index in [4.69, 9.17) is 9.47 Å². The molecule has 0 radical (unpaired) electrons. The average molecular weight is 345 g/mol. The Kier molecular flexibility index (Phi) is 6.08. The van der Waals surface area contributed by atoms with Gasteiger partial charge in [0.15, 0.2) is 0 Å². The summed E-state index contributed by atoms with van der Waals surface area (Å²) in [5.41, 5.74) is 0.719. The Balaban J connectivity index is 1.48. The van der Waals surface area contributed by atoms with Gasteiger partial charge in [-0.2, -0.15) is 0 Å². The first kappa shape index (κ1) is 17.9. The Hall–Kier alpha value is -1.88. The van der Waals surface area contributed by atoms with Crippen LogP contribution in [0, 0.1) is 11.8 Å². The standard InChI is InChI=1S/C20H27NO4/c1-15-12-18(9-11-24-15)20(23)25-14-16-6-5-10-21(13-16)19(22)17-7-3-2-4-8-17/h2-4,7-8,15-16,18H,5-6,9-14H2,1H3/t15-,16+,18+/m1/s1. The highest BCUT2D eigenvalue weighted by Crippen LogP contribution is 2.23. The van der Waals surface area contributed by atoms with E-state index in [0.717, 1.165) is 37.8 Å². The summed E-state index contributed by atoms with van der Waals surface area (Å²) in [5.74, 6) is 0.133. The summed E-state index contributed by atoms with van der Waals surface area (Å²) < 4.78 is 11.1. The van der Waals surface area contributed by atoms with E-state index in [1.54, 1.807) is 0 Å². The number of amides is 1. The van der Waals surface area contributed by atoms with Crippen LogP contribution in [0.3, 0.4) is 0 Å². The minimum Gasteiger partial charge on any atom is -0.465 e. The van der Waals surface area contributed by atoms with Crippen molar-refractivity contribution in [2.75, 3.05) is 26.3 Å². The number of hydrogen-bond donors (Lipinski definition) is 0. The Bertz CT molecular complexity index is 589. The molecule has 5 heteroatoms. The van der Waals surface area contributed by atoms with Crippen LogP contribution in [0.25, 0.3) is 0 Å². The Morgan fingerprint density at radius 2 is 2.04 bits per heavy atom. The lowest BCUT2D eigenvalue weighted by molar-refractivity contribution is -0.155. The van der Waals surface area contributed by atoms with Crippen molar-refractivity contribution in [1.29, 1.82) is 0 Å². The van der Waals surface area contributed by atoms with E-state index in [1.165, 1.54) is 0 Å². The number of hydrogen-bond acceptors (Lipinski definition) is 4. The predicted octanol–water partition coefficient (Wildman–Crippen LogP) is 2.90. The summed E-state index contributed by atoms with van der Waals surface area (Å²) in [4.78, 5) is 26.7. The Morgan fingerprint density at radius 3 is 2.80 bits per heavy atom. The Morgan fingerprint density at radius 1 is 1.24 bits per heavy atom. The summed E-state index contributed by atoms with van der Waals surface area (Å²) in [6.07, 6.45) is 3.56. The van der Waals surface area contributed by atoms with Crippen molar-refractivity contribution in [3.63, 3.8) is 0 Å². The zero-order valence-corrected chi connectivity index (χ0v) is 14.9. The predicted molar refractivity (Wildman–Crippen MR) is 94.2 cm³/mol. The van der Waals surface area contributed by atoms with Crippen LogP contribution < -0.4 is 0 Å². The van der Waals surface area contributed by atoms with Gasteiger partial charge in [0, 0.05) is 31.2 Å². The normalized spacial score (nSPS) is 26.9. The molecule has 25 heavy (non-hydrogen) atoms. The van der Waals surface area contributed by atoms with E-state index in [0.29, 0.717) is 19.8 Å². The number of piperidine rings is 1. The number of benzene rings is 1. The second-order valence-corrected chi connectivity index (χ2v) is 7.16. The minimum atomic E-state index is -0.110. The highest BCUT2D eigenvalue weighted by atomic mass is 16.5. The molecule has 3 rings (SSSR count). The number of carbonyl (C=O) groups is 2. The minimum absolute atomic E-state index is 0.0469. The number of nitrogens with zero attached hydrogens (tertiary/aromatic N) is 1. The van der Waals surface area contributed by atoms with Crippen LogP contribution in [0.4, 0.5) is 0 Å². The number of rotatable bonds is 4. The molecule has 0 aromatic heterocycles. The second kappa shape index (κ2) is 8.48. The maximum Gasteiger partial charge on any atom is 0.309 e. The van der Waals surface area contributed by atoms with E-state index in [1.807, 2.05) is 42.2 Å². The van der Waals surface area contributed by atoms with Crippen LogP contribution in [0.15, 0.2) is 30.3 Å². The monoisotopic (exact) mass is 345 g/mol. The topological polar surface area (TPSA) is 55.8 Å². The van der Waals surface area contributed by atoms with Crippen molar-refractivity contribution < 1.29 is 19.1 Å². The molecule has 0 spiro atoms. The average Bonchev–Trinajstić information content (AvgIpc) is 2.66. The van der Waals surface area contributed by atoms with Crippen LogP contribution in [0.5, 0.6) is 0 Å². The number of ether oxygens (including phenoxy) is 2. The van der Waals surface area contributed by atoms with Crippen LogP contribution in [-0.4, -0.2) is 49.2 Å². The molecular formula is C20H27NO4. The van der Waals surface area contributed by atoms with Crippen molar-refractivity contribution in [2.45, 2.75) is 38.7 Å². The molecule has 2 saturated heterocycles. The number of carbonyl (C=O) groups excluding carboxylic acids is 2. The third-order valence-electron chi connectivity index (χ3n) is 5.11. The molecule has 1 aromatic carbocycles. The highest BCUT2D eigenvalue weighted by molar-refractivity contribution is 5.94. The van der Waals surface area contributed by atoms with Gasteiger partial charge in [0.25, 0.3) is 5.91 Å². The molecule has 2 fully saturated rings. The van der Waals surface area contributed by atoms with Crippen LogP contribution >= 0.6 is 0 Å². The van der Waals surface area contributed by atoms with E-state index in [2.05, 4.69) is 0 Å². The fourth-order valence-corrected chi connectivity index (χ4v) is 3.68. The zero-order chi connectivity index (χ0) is 17.6. The van der Waals surface area contributed by atoms with Gasteiger partial charge in [-0.3, -0.25) is 9.59 Å². The van der Waals surface area contributed by atoms with Gasteiger partial charge in [-0.25, -0.2) is 0 Å². The van der Waals surface area contributed by atoms with E-state index in [9.17, 15) is 9.59 Å². The molecule has 0 aliphatic carbocycles. The lowest BCUT2D eigenvalue weighted by atomic mass is 9.96. The third kappa shape index (κ3) is 4.82. The molecule has 1 amide bonds. The zero-order valence-electron chi connectivity index (χ0n) is 14.9. The van der Waals surface area contributed by atoms with Gasteiger partial charge in [-0.05, 0) is 44.7 Å². The fourth-order valence-electron chi connectivity index (χ4n) is 3.68. The first-order valence-electron chi connectivity index (χ1n) is 9.26. The lowest BCUT2D eigenvalue weighted by Crippen LogP contribution is -2.41. The van der Waals surface area contributed by atoms with Crippen molar-refractivity contribution in [2.24, 2.45) is 11.8 Å². The van der Waals surface area contributed by atoms with Gasteiger partial charge in [0.1, 0.15) is 0 Å². The molecular weight excluding hydrogens is 318 g/mol. The molecule has 2 heterocycles. The molecule has 0 N–H and O–H groups in total. The molecule has 0 bridgehead atoms. The largest absolute Gasteiger partial charge is 0.465 e. The fraction of sp³-hybridized carbons (Fsp3) is 0.600. The quantitative estimate of drug-likeness (QED) is 0.788. The van der Waals surface area contributed by atoms with Gasteiger partial charge in [0.2, 0.25) is 0 Å². The lowest BCUT2D eigenvalue weighted by Gasteiger charge is -2.33. The molecule has 136 valence electrons. The number of esters is 1. The first-order chi connectivity index (χ1) is 12.1. The third-order valence-corrected chi connectivity index (χ3v) is 5.11. The molecule has 0 unspecified atom stereocenters. The second-order valence-electron chi connectivity index (χ2n) is 7.16. The van der Waals surface area contributed by atoms with E-state index < -0.39 is 0 Å². The van der Waals surface area contributed by atoms with Gasteiger partial charge >= 0.3 is 5.97 Å². The van der Waals surface area contributed by atoms with Gasteiger partial charge in [0.05, 0.1) is 18.6 Å². The van der Waals surface area contributed by atoms with Crippen molar-refractivity contribution in [3.05, 3.63) is 35.9 Å². The smallest absolute Gasteiger partial charge is 0.309 e. The summed E-state index contributed by atoms with van der Waals surface area (Å²) >= 11 is 0. The summed E-state index contributed by atoms with van der Waals surface area (Å²) in [6.45, 7) is 4.46. The van der Waals surface area contributed by atoms with Crippen LogP contribution in [0.2, 0.25) is 0 Å². The summed E-state index contributed by atoms with van der Waals surface area (Å²) in [7, 11) is 0.